The lowest BCUT2D eigenvalue weighted by Crippen LogP contribution is -2.25. The van der Waals surface area contributed by atoms with Crippen LogP contribution in [-0.4, -0.2) is 29.4 Å². The van der Waals surface area contributed by atoms with Gasteiger partial charge in [-0.1, -0.05) is 6.07 Å². The molecule has 3 rings (SSSR count). The van der Waals surface area contributed by atoms with Crippen LogP contribution in [0, 0.1) is 0 Å². The van der Waals surface area contributed by atoms with Crippen LogP contribution in [0.4, 0.5) is 5.13 Å². The summed E-state index contributed by atoms with van der Waals surface area (Å²) >= 11 is 3.03. The number of rotatable bonds is 2. The molecular weight excluding hydrogens is 302 g/mol. The molecule has 19 heavy (non-hydrogen) atoms. The number of nitrogens with one attached hydrogen (secondary N) is 1. The van der Waals surface area contributed by atoms with Crippen LogP contribution in [0.25, 0.3) is 0 Å². The minimum atomic E-state index is -0.0653. The topological polar surface area (TPSA) is 45.2 Å². The molecule has 0 bridgehead atoms. The average Bonchev–Trinajstić information content (AvgIpc) is 2.95. The molecular formula is C12H14ClN3OS2. The molecule has 1 aliphatic rings. The van der Waals surface area contributed by atoms with E-state index >= 15 is 0 Å². The third kappa shape index (κ3) is 3.14. The van der Waals surface area contributed by atoms with Crippen LogP contribution in [0.3, 0.4) is 0 Å². The van der Waals surface area contributed by atoms with E-state index in [9.17, 15) is 4.79 Å². The molecule has 1 aliphatic heterocycles. The van der Waals surface area contributed by atoms with Crippen molar-refractivity contribution in [3.8, 4) is 0 Å². The molecule has 1 N–H and O–H groups in total. The van der Waals surface area contributed by atoms with E-state index in [2.05, 4.69) is 22.2 Å². The van der Waals surface area contributed by atoms with Crippen LogP contribution in [0.15, 0.2) is 17.5 Å². The summed E-state index contributed by atoms with van der Waals surface area (Å²) in [5.74, 6) is -0.0653. The molecule has 0 fully saturated rings. The van der Waals surface area contributed by atoms with Crippen LogP contribution in [0.1, 0.15) is 20.2 Å². The smallest absolute Gasteiger partial charge is 0.267 e. The molecule has 102 valence electrons. The molecule has 0 radical (unpaired) electrons. The third-order valence-electron chi connectivity index (χ3n) is 2.89. The normalized spacial score (nSPS) is 14.6. The maximum Gasteiger partial charge on any atom is 0.267 e. The van der Waals surface area contributed by atoms with Crippen LogP contribution in [0.5, 0.6) is 0 Å². The molecule has 2 aromatic heterocycles. The number of thiazole rings is 1. The van der Waals surface area contributed by atoms with Crippen LogP contribution >= 0.6 is 35.1 Å². The molecule has 0 spiro atoms. The Kier molecular flexibility index (Phi) is 4.57. The van der Waals surface area contributed by atoms with Crippen molar-refractivity contribution in [3.05, 3.63) is 33.0 Å². The number of anilines is 1. The Hall–Kier alpha value is -0.950. The van der Waals surface area contributed by atoms with Gasteiger partial charge in [0.05, 0.1) is 10.6 Å². The zero-order valence-electron chi connectivity index (χ0n) is 10.4. The predicted octanol–water partition coefficient (Wildman–Crippen LogP) is 2.87. The zero-order chi connectivity index (χ0) is 12.5. The molecule has 0 atom stereocenters. The second-order valence-electron chi connectivity index (χ2n) is 4.31. The summed E-state index contributed by atoms with van der Waals surface area (Å²) in [5, 5.41) is 5.49. The van der Waals surface area contributed by atoms with Crippen LogP contribution < -0.4 is 5.32 Å². The Morgan fingerprint density at radius 2 is 2.37 bits per heavy atom. The second kappa shape index (κ2) is 6.00. The van der Waals surface area contributed by atoms with Gasteiger partial charge in [0.25, 0.3) is 5.91 Å². The van der Waals surface area contributed by atoms with Gasteiger partial charge in [0.2, 0.25) is 0 Å². The van der Waals surface area contributed by atoms with Gasteiger partial charge in [-0.25, -0.2) is 4.98 Å². The fraction of sp³-hybridized carbons (Fsp3) is 0.333. The summed E-state index contributed by atoms with van der Waals surface area (Å²) in [6, 6.07) is 3.70. The van der Waals surface area contributed by atoms with Crippen LogP contribution in [-0.2, 0) is 13.0 Å². The number of nitrogens with zero attached hydrogens (tertiary/aromatic N) is 2. The maximum absolute atomic E-state index is 11.9. The predicted molar refractivity (Wildman–Crippen MR) is 81.7 cm³/mol. The van der Waals surface area contributed by atoms with E-state index in [1.165, 1.54) is 16.2 Å². The molecule has 7 heteroatoms. The molecule has 3 heterocycles. The fourth-order valence-electron chi connectivity index (χ4n) is 1.94. The Bertz CT molecular complexity index is 568. The van der Waals surface area contributed by atoms with E-state index in [-0.39, 0.29) is 18.3 Å². The first-order chi connectivity index (χ1) is 8.72. The van der Waals surface area contributed by atoms with Crippen molar-refractivity contribution in [1.82, 2.24) is 9.88 Å². The van der Waals surface area contributed by atoms with Gasteiger partial charge >= 0.3 is 0 Å². The summed E-state index contributed by atoms with van der Waals surface area (Å²) in [5.41, 5.74) is 1.14. The summed E-state index contributed by atoms with van der Waals surface area (Å²) < 4.78 is 0. The van der Waals surface area contributed by atoms with Gasteiger partial charge in [-0.15, -0.1) is 35.1 Å². The molecule has 4 nitrogen and oxygen atoms in total. The maximum atomic E-state index is 11.9. The van der Waals surface area contributed by atoms with E-state index in [0.717, 1.165) is 30.1 Å². The number of carbonyl (C=O) groups is 1. The van der Waals surface area contributed by atoms with Gasteiger partial charge in [-0.05, 0) is 18.5 Å². The van der Waals surface area contributed by atoms with E-state index in [1.54, 1.807) is 11.3 Å². The first-order valence-corrected chi connectivity index (χ1v) is 7.44. The van der Waals surface area contributed by atoms with Crippen molar-refractivity contribution >= 4 is 46.1 Å². The molecule has 0 aliphatic carbocycles. The number of fused-ring (bicyclic) bond motifs is 1. The number of likely N-dealkylation sites (N-methyl/N-ethyl adjacent to an activating group) is 1. The summed E-state index contributed by atoms with van der Waals surface area (Å²) in [7, 11) is 2.10. The highest BCUT2D eigenvalue weighted by Gasteiger charge is 2.19. The lowest BCUT2D eigenvalue weighted by molar-refractivity contribution is 0.103. The Balaban J connectivity index is 0.00000133. The quantitative estimate of drug-likeness (QED) is 0.927. The van der Waals surface area contributed by atoms with Gasteiger partial charge < -0.3 is 4.90 Å². The van der Waals surface area contributed by atoms with Crippen molar-refractivity contribution in [2.24, 2.45) is 0 Å². The minimum absolute atomic E-state index is 0. The largest absolute Gasteiger partial charge is 0.301 e. The zero-order valence-corrected chi connectivity index (χ0v) is 12.8. The first kappa shape index (κ1) is 14.5. The highest BCUT2D eigenvalue weighted by Crippen LogP contribution is 2.28. The number of hydrogen-bond donors (Lipinski definition) is 1. The minimum Gasteiger partial charge on any atom is -0.301 e. The highest BCUT2D eigenvalue weighted by molar-refractivity contribution is 7.16. The van der Waals surface area contributed by atoms with E-state index in [1.807, 2.05) is 17.5 Å². The summed E-state index contributed by atoms with van der Waals surface area (Å²) in [6.45, 7) is 1.97. The van der Waals surface area contributed by atoms with Gasteiger partial charge in [0.1, 0.15) is 0 Å². The van der Waals surface area contributed by atoms with E-state index in [0.29, 0.717) is 5.13 Å². The Morgan fingerprint density at radius 3 is 3.11 bits per heavy atom. The monoisotopic (exact) mass is 315 g/mol. The van der Waals surface area contributed by atoms with Crippen molar-refractivity contribution < 1.29 is 4.79 Å². The third-order valence-corrected chi connectivity index (χ3v) is 4.75. The lowest BCUT2D eigenvalue weighted by Gasteiger charge is -2.20. The molecule has 2 aromatic rings. The van der Waals surface area contributed by atoms with Crippen molar-refractivity contribution in [3.63, 3.8) is 0 Å². The Morgan fingerprint density at radius 1 is 1.53 bits per heavy atom. The van der Waals surface area contributed by atoms with Gasteiger partial charge in [-0.2, -0.15) is 0 Å². The number of hydrogen-bond acceptors (Lipinski definition) is 5. The van der Waals surface area contributed by atoms with E-state index < -0.39 is 0 Å². The van der Waals surface area contributed by atoms with Gasteiger partial charge in [0.15, 0.2) is 5.13 Å². The Labute approximate surface area is 125 Å². The molecule has 0 saturated heterocycles. The molecule has 0 saturated carbocycles. The average molecular weight is 316 g/mol. The number of thiophene rings is 1. The van der Waals surface area contributed by atoms with Crippen molar-refractivity contribution in [2.75, 3.05) is 18.9 Å². The number of halogens is 1. The van der Waals surface area contributed by atoms with Crippen molar-refractivity contribution in [2.45, 2.75) is 13.0 Å². The van der Waals surface area contributed by atoms with Crippen LogP contribution in [0.2, 0.25) is 0 Å². The summed E-state index contributed by atoms with van der Waals surface area (Å²) in [6.07, 6.45) is 0.969. The highest BCUT2D eigenvalue weighted by atomic mass is 35.5. The molecule has 1 amide bonds. The number of amides is 1. The first-order valence-electron chi connectivity index (χ1n) is 5.74. The number of carbonyl (C=O) groups excluding carboxylic acids is 1. The van der Waals surface area contributed by atoms with Gasteiger partial charge in [0, 0.05) is 24.4 Å². The summed E-state index contributed by atoms with van der Waals surface area (Å²) in [4.78, 5) is 20.7. The van der Waals surface area contributed by atoms with E-state index in [4.69, 9.17) is 0 Å². The molecule has 0 unspecified atom stereocenters. The number of aromatic nitrogens is 1. The fourth-order valence-corrected chi connectivity index (χ4v) is 3.65. The lowest BCUT2D eigenvalue weighted by atomic mass is 10.2. The molecule has 0 aromatic carbocycles. The SMILES string of the molecule is CN1CCc2nc(NC(=O)c3cccs3)sc2C1.Cl. The second-order valence-corrected chi connectivity index (χ2v) is 6.34. The van der Waals surface area contributed by atoms with Gasteiger partial charge in [-0.3, -0.25) is 10.1 Å². The van der Waals surface area contributed by atoms with Crippen molar-refractivity contribution in [1.29, 1.82) is 0 Å². The standard InChI is InChI=1S/C12H13N3OS2.ClH/c1-15-5-4-8-10(7-15)18-12(13-8)14-11(16)9-3-2-6-17-9;/h2-3,6H,4-5,7H2,1H3,(H,13,14,16);1H.